The fraction of sp³-hybridized carbons (Fsp3) is 0.273. The van der Waals surface area contributed by atoms with Crippen molar-refractivity contribution >= 4 is 35.0 Å². The predicted octanol–water partition coefficient (Wildman–Crippen LogP) is 1.65. The molecule has 3 unspecified atom stereocenters. The summed E-state index contributed by atoms with van der Waals surface area (Å²) in [5.41, 5.74) is 15.2. The monoisotopic (exact) mass is 660 g/mol. The Hall–Kier alpha value is -6.12. The molecule has 15 nitrogen and oxygen atoms in total. The molecule has 15 heteroatoms. The molecule has 0 aliphatic heterocycles. The Morgan fingerprint density at radius 3 is 0.958 bits per heavy atom. The van der Waals surface area contributed by atoms with Crippen LogP contribution < -0.4 is 34.3 Å². The first-order valence-corrected chi connectivity index (χ1v) is 14.9. The van der Waals surface area contributed by atoms with Crippen LogP contribution in [0.1, 0.15) is 51.8 Å². The van der Waals surface area contributed by atoms with E-state index in [-0.39, 0.29) is 33.8 Å². The van der Waals surface area contributed by atoms with Gasteiger partial charge in [-0.1, -0.05) is 36.4 Å². The molecule has 4 aromatic rings. The third kappa shape index (κ3) is 7.99. The molecule has 0 saturated carbocycles. The smallest absolute Gasteiger partial charge is 0.340 e. The van der Waals surface area contributed by atoms with Gasteiger partial charge >= 0.3 is 35.0 Å². The number of esters is 3. The average molecular weight is 661 g/mol. The molecule has 252 valence electrons. The highest BCUT2D eigenvalue weighted by atomic mass is 16.6. The summed E-state index contributed by atoms with van der Waals surface area (Å²) in [5, 5.41) is 0. The SMILES string of the molecule is CC(Cn1c(=O)n(CC(C)OC(=O)c2ccccc2N)c(=O)n(CC(C)OC(=O)c2ccccc2N)c1=O)OC(=O)c1ccccc1N. The molecule has 0 aliphatic rings. The number of ether oxygens (including phenoxy) is 3. The maximum atomic E-state index is 13.6. The van der Waals surface area contributed by atoms with Crippen molar-refractivity contribution in [1.82, 2.24) is 13.7 Å². The van der Waals surface area contributed by atoms with Crippen LogP contribution in [0.4, 0.5) is 17.1 Å². The van der Waals surface area contributed by atoms with Crippen LogP contribution in [-0.4, -0.2) is 49.9 Å². The van der Waals surface area contributed by atoms with Crippen molar-refractivity contribution in [2.75, 3.05) is 17.2 Å². The molecule has 0 spiro atoms. The minimum Gasteiger partial charge on any atom is -0.457 e. The van der Waals surface area contributed by atoms with Crippen molar-refractivity contribution in [3.63, 3.8) is 0 Å². The van der Waals surface area contributed by atoms with Gasteiger partial charge in [0.25, 0.3) is 0 Å². The number of carbonyl (C=O) groups excluding carboxylic acids is 3. The minimum atomic E-state index is -1.05. The number of nitrogen functional groups attached to an aromatic ring is 3. The summed E-state index contributed by atoms with van der Waals surface area (Å²) in [5.74, 6) is -2.36. The highest BCUT2D eigenvalue weighted by Gasteiger charge is 2.24. The molecule has 0 amide bonds. The number of hydrogen-bond acceptors (Lipinski definition) is 12. The van der Waals surface area contributed by atoms with E-state index in [1.807, 2.05) is 0 Å². The molecular weight excluding hydrogens is 624 g/mol. The molecule has 6 N–H and O–H groups in total. The number of para-hydroxylation sites is 3. The summed E-state index contributed by atoms with van der Waals surface area (Å²) in [4.78, 5) is 79.2. The standard InChI is InChI=1S/C33H36N6O9/c1-19(46-28(40)22-10-4-7-13-25(22)34)16-37-31(43)38(17-20(2)47-29(41)23-11-5-8-14-26(23)35)33(45)39(32(37)44)18-21(3)48-30(42)24-12-6-9-15-27(24)36/h4-15,19-21H,16-18,34-36H2,1-3H3. The largest absolute Gasteiger partial charge is 0.457 e. The second-order valence-corrected chi connectivity index (χ2v) is 11.1. The number of hydrogen-bond donors (Lipinski definition) is 3. The first-order valence-electron chi connectivity index (χ1n) is 14.9. The van der Waals surface area contributed by atoms with Gasteiger partial charge in [-0.25, -0.2) is 42.5 Å². The lowest BCUT2D eigenvalue weighted by molar-refractivity contribution is 0.0281. The van der Waals surface area contributed by atoms with E-state index in [2.05, 4.69) is 0 Å². The Kier molecular flexibility index (Phi) is 10.8. The summed E-state index contributed by atoms with van der Waals surface area (Å²) in [7, 11) is 0. The number of anilines is 3. The number of rotatable bonds is 12. The number of aromatic nitrogens is 3. The van der Waals surface area contributed by atoms with Crippen LogP contribution in [0.3, 0.4) is 0 Å². The maximum absolute atomic E-state index is 13.6. The Balaban J connectivity index is 1.65. The molecule has 3 atom stereocenters. The fourth-order valence-electron chi connectivity index (χ4n) is 4.82. The molecule has 0 saturated heterocycles. The van der Waals surface area contributed by atoms with E-state index in [4.69, 9.17) is 31.4 Å². The van der Waals surface area contributed by atoms with Crippen LogP contribution in [0.25, 0.3) is 0 Å². The van der Waals surface area contributed by atoms with Crippen LogP contribution in [0.15, 0.2) is 87.2 Å². The van der Waals surface area contributed by atoms with Crippen LogP contribution >= 0.6 is 0 Å². The van der Waals surface area contributed by atoms with Crippen molar-refractivity contribution in [3.05, 3.63) is 121 Å². The van der Waals surface area contributed by atoms with Crippen molar-refractivity contribution in [1.29, 1.82) is 0 Å². The lowest BCUT2D eigenvalue weighted by atomic mass is 10.2. The van der Waals surface area contributed by atoms with E-state index in [0.717, 1.165) is 0 Å². The first-order chi connectivity index (χ1) is 22.8. The van der Waals surface area contributed by atoms with Crippen LogP contribution in [0.5, 0.6) is 0 Å². The van der Waals surface area contributed by atoms with Crippen molar-refractivity contribution in [3.8, 4) is 0 Å². The van der Waals surface area contributed by atoms with Crippen molar-refractivity contribution < 1.29 is 28.6 Å². The summed E-state index contributed by atoms with van der Waals surface area (Å²) < 4.78 is 18.5. The Labute approximate surface area is 274 Å². The molecular formula is C33H36N6O9. The Morgan fingerprint density at radius 2 is 0.729 bits per heavy atom. The van der Waals surface area contributed by atoms with Gasteiger partial charge in [0.15, 0.2) is 0 Å². The van der Waals surface area contributed by atoms with Crippen LogP contribution in [0, 0.1) is 0 Å². The zero-order chi connectivity index (χ0) is 35.1. The van der Waals surface area contributed by atoms with Crippen LogP contribution in [-0.2, 0) is 33.8 Å². The normalized spacial score (nSPS) is 12.8. The van der Waals surface area contributed by atoms with E-state index >= 15 is 0 Å². The Bertz CT molecular complexity index is 1760. The summed E-state index contributed by atoms with van der Waals surface area (Å²) in [6.07, 6.45) is -3.14. The molecule has 1 aromatic heterocycles. The third-order valence-corrected chi connectivity index (χ3v) is 7.17. The molecule has 3 aromatic carbocycles. The van der Waals surface area contributed by atoms with E-state index in [0.29, 0.717) is 13.7 Å². The lowest BCUT2D eigenvalue weighted by Gasteiger charge is -2.21. The lowest BCUT2D eigenvalue weighted by Crippen LogP contribution is -2.57. The van der Waals surface area contributed by atoms with Gasteiger partial charge < -0.3 is 31.4 Å². The average Bonchev–Trinajstić information content (AvgIpc) is 3.04. The van der Waals surface area contributed by atoms with Gasteiger partial charge in [-0.15, -0.1) is 0 Å². The van der Waals surface area contributed by atoms with Crippen molar-refractivity contribution in [2.24, 2.45) is 0 Å². The van der Waals surface area contributed by atoms with E-state index < -0.39 is 72.9 Å². The Morgan fingerprint density at radius 1 is 0.500 bits per heavy atom. The number of carbonyl (C=O) groups is 3. The maximum Gasteiger partial charge on any atom is 0.340 e. The van der Waals surface area contributed by atoms with Gasteiger partial charge in [-0.05, 0) is 57.2 Å². The van der Waals surface area contributed by atoms with E-state index in [9.17, 15) is 28.8 Å². The summed E-state index contributed by atoms with van der Waals surface area (Å²) >= 11 is 0. The molecule has 0 bridgehead atoms. The molecule has 48 heavy (non-hydrogen) atoms. The van der Waals surface area contributed by atoms with E-state index in [1.54, 1.807) is 36.4 Å². The van der Waals surface area contributed by atoms with Gasteiger partial charge in [-0.3, -0.25) is 0 Å². The highest BCUT2D eigenvalue weighted by molar-refractivity contribution is 5.96. The van der Waals surface area contributed by atoms with Gasteiger partial charge in [0.05, 0.1) is 36.3 Å². The number of nitrogens with two attached hydrogens (primary N) is 3. The first kappa shape index (κ1) is 34.7. The summed E-state index contributed by atoms with van der Waals surface area (Å²) in [6.45, 7) is 2.98. The summed E-state index contributed by atoms with van der Waals surface area (Å²) in [6, 6.07) is 18.6. The molecule has 0 fully saturated rings. The molecule has 1 heterocycles. The van der Waals surface area contributed by atoms with Gasteiger partial charge in [0.1, 0.15) is 18.3 Å². The zero-order valence-electron chi connectivity index (χ0n) is 26.5. The minimum absolute atomic E-state index is 0.0865. The second kappa shape index (κ2) is 15.0. The predicted molar refractivity (Wildman–Crippen MR) is 176 cm³/mol. The third-order valence-electron chi connectivity index (χ3n) is 7.17. The number of nitrogens with zero attached hydrogens (tertiary/aromatic N) is 3. The second-order valence-electron chi connectivity index (χ2n) is 11.1. The molecule has 0 radical (unpaired) electrons. The fourth-order valence-corrected chi connectivity index (χ4v) is 4.82. The highest BCUT2D eigenvalue weighted by Crippen LogP contribution is 2.15. The zero-order valence-corrected chi connectivity index (χ0v) is 26.5. The molecule has 0 aliphatic carbocycles. The van der Waals surface area contributed by atoms with Gasteiger partial charge in [0.2, 0.25) is 0 Å². The van der Waals surface area contributed by atoms with E-state index in [1.165, 1.54) is 57.2 Å². The van der Waals surface area contributed by atoms with Crippen LogP contribution in [0.2, 0.25) is 0 Å². The van der Waals surface area contributed by atoms with Gasteiger partial charge in [-0.2, -0.15) is 0 Å². The van der Waals surface area contributed by atoms with Crippen molar-refractivity contribution in [2.45, 2.75) is 58.7 Å². The topological polar surface area (TPSA) is 223 Å². The number of benzene rings is 3. The van der Waals surface area contributed by atoms with Gasteiger partial charge in [0, 0.05) is 17.1 Å². The molecule has 4 rings (SSSR count). The quantitative estimate of drug-likeness (QED) is 0.112.